The third-order valence-corrected chi connectivity index (χ3v) is 4.64. The molecule has 0 radical (unpaired) electrons. The van der Waals surface area contributed by atoms with Crippen molar-refractivity contribution in [3.63, 3.8) is 0 Å². The molecule has 1 aromatic carbocycles. The van der Waals surface area contributed by atoms with Crippen LogP contribution in [0.4, 0.5) is 4.79 Å². The highest BCUT2D eigenvalue weighted by Crippen LogP contribution is 2.35. The second-order valence-electron chi connectivity index (χ2n) is 7.13. The van der Waals surface area contributed by atoms with Crippen molar-refractivity contribution in [1.82, 2.24) is 10.3 Å². The van der Waals surface area contributed by atoms with Gasteiger partial charge in [0.05, 0.1) is 10.5 Å². The Morgan fingerprint density at radius 1 is 1.42 bits per heavy atom. The van der Waals surface area contributed by atoms with Crippen LogP contribution in [-0.2, 0) is 11.3 Å². The molecule has 1 amide bonds. The second-order valence-corrected chi connectivity index (χ2v) is 8.18. The predicted octanol–water partition coefficient (Wildman–Crippen LogP) is 2.81. The lowest BCUT2D eigenvalue weighted by Crippen LogP contribution is -2.44. The number of hydrogen-bond donors (Lipinski definition) is 2. The number of carbonyl (C=O) groups is 1. The Morgan fingerprint density at radius 3 is 2.92 bits per heavy atom. The molecule has 0 spiro atoms. The van der Waals surface area contributed by atoms with E-state index in [1.165, 1.54) is 6.34 Å². The molecular formula is C18H22BrN5O2. The van der Waals surface area contributed by atoms with Gasteiger partial charge in [-0.25, -0.2) is 9.79 Å². The maximum Gasteiger partial charge on any atom is 0.407 e. The molecule has 1 aromatic rings. The average molecular weight is 420 g/mol. The van der Waals surface area contributed by atoms with Crippen molar-refractivity contribution in [1.29, 1.82) is 0 Å². The SMILES string of the molecule is CC(C)(C)OC(=O)NCc1cccc(C2=CC(Br)C3C(N)=NC=NN23)c1. The van der Waals surface area contributed by atoms with E-state index in [0.29, 0.717) is 12.4 Å². The molecule has 2 atom stereocenters. The first kappa shape index (κ1) is 18.4. The van der Waals surface area contributed by atoms with Crippen molar-refractivity contribution in [2.45, 2.75) is 43.8 Å². The Balaban J connectivity index is 1.72. The lowest BCUT2D eigenvalue weighted by Gasteiger charge is -2.28. The van der Waals surface area contributed by atoms with Crippen molar-refractivity contribution in [3.8, 4) is 0 Å². The fourth-order valence-corrected chi connectivity index (χ4v) is 3.55. The lowest BCUT2D eigenvalue weighted by atomic mass is 10.1. The molecule has 0 bridgehead atoms. The van der Waals surface area contributed by atoms with Gasteiger partial charge in [-0.15, -0.1) is 0 Å². The number of alkyl carbamates (subject to hydrolysis) is 1. The second kappa shape index (κ2) is 7.11. The van der Waals surface area contributed by atoms with Crippen LogP contribution in [0.1, 0.15) is 31.9 Å². The van der Waals surface area contributed by atoms with Crippen LogP contribution < -0.4 is 11.1 Å². The van der Waals surface area contributed by atoms with E-state index in [4.69, 9.17) is 10.5 Å². The minimum atomic E-state index is -0.520. The van der Waals surface area contributed by atoms with E-state index in [9.17, 15) is 4.79 Å². The highest BCUT2D eigenvalue weighted by Gasteiger charge is 2.37. The zero-order chi connectivity index (χ0) is 18.9. The van der Waals surface area contributed by atoms with Gasteiger partial charge in [-0.1, -0.05) is 34.1 Å². The summed E-state index contributed by atoms with van der Waals surface area (Å²) in [5.74, 6) is 0.524. The third kappa shape index (κ3) is 4.07. The number of nitrogens with zero attached hydrogens (tertiary/aromatic N) is 3. The Bertz CT molecular complexity index is 797. The molecule has 3 rings (SSSR count). The van der Waals surface area contributed by atoms with Crippen molar-refractivity contribution >= 4 is 39.9 Å². The summed E-state index contributed by atoms with van der Waals surface area (Å²) in [5, 5.41) is 8.98. The summed E-state index contributed by atoms with van der Waals surface area (Å²) >= 11 is 3.63. The van der Waals surface area contributed by atoms with E-state index in [0.717, 1.165) is 16.8 Å². The number of halogens is 1. The number of fused-ring (bicyclic) bond motifs is 1. The zero-order valence-electron chi connectivity index (χ0n) is 14.9. The van der Waals surface area contributed by atoms with Gasteiger partial charge in [0.1, 0.15) is 23.8 Å². The quantitative estimate of drug-likeness (QED) is 0.736. The molecule has 7 nitrogen and oxygen atoms in total. The number of carbonyl (C=O) groups excluding carboxylic acids is 1. The topological polar surface area (TPSA) is 92.3 Å². The number of amides is 1. The Hall–Kier alpha value is -2.35. The maximum absolute atomic E-state index is 11.8. The number of nitrogens with one attached hydrogen (secondary N) is 1. The summed E-state index contributed by atoms with van der Waals surface area (Å²) in [6.07, 6.45) is 3.09. The van der Waals surface area contributed by atoms with Crippen LogP contribution in [0.15, 0.2) is 40.4 Å². The predicted molar refractivity (Wildman–Crippen MR) is 106 cm³/mol. The van der Waals surface area contributed by atoms with Crippen LogP contribution in [0.25, 0.3) is 5.70 Å². The minimum Gasteiger partial charge on any atom is -0.444 e. The summed E-state index contributed by atoms with van der Waals surface area (Å²) in [7, 11) is 0. The lowest BCUT2D eigenvalue weighted by molar-refractivity contribution is 0.0523. The highest BCUT2D eigenvalue weighted by atomic mass is 79.9. The maximum atomic E-state index is 11.8. The standard InChI is InChI=1S/C18H22BrN5O2/c1-18(2,3)26-17(25)21-9-11-5-4-6-12(7-11)14-8-13(19)15-16(20)22-10-23-24(14)15/h4-8,10,13,15H,9H2,1-3H3,(H,21,25)(H2,20,22,23). The van der Waals surface area contributed by atoms with Gasteiger partial charge < -0.3 is 15.8 Å². The van der Waals surface area contributed by atoms with Crippen LogP contribution in [0.2, 0.25) is 0 Å². The molecule has 2 unspecified atom stereocenters. The Morgan fingerprint density at radius 2 is 2.19 bits per heavy atom. The van der Waals surface area contributed by atoms with Crippen molar-refractivity contribution in [3.05, 3.63) is 41.5 Å². The molecule has 0 aliphatic carbocycles. The van der Waals surface area contributed by atoms with Crippen molar-refractivity contribution in [2.24, 2.45) is 15.8 Å². The van der Waals surface area contributed by atoms with E-state index in [1.54, 1.807) is 0 Å². The van der Waals surface area contributed by atoms with E-state index in [1.807, 2.05) is 50.0 Å². The number of ether oxygens (including phenoxy) is 1. The Kier molecular flexibility index (Phi) is 5.04. The van der Waals surface area contributed by atoms with Gasteiger partial charge in [0.15, 0.2) is 0 Å². The Labute approximate surface area is 161 Å². The van der Waals surface area contributed by atoms with E-state index in [-0.39, 0.29) is 10.9 Å². The van der Waals surface area contributed by atoms with Crippen molar-refractivity contribution < 1.29 is 9.53 Å². The highest BCUT2D eigenvalue weighted by molar-refractivity contribution is 9.09. The number of hydrazone groups is 1. The molecule has 0 saturated heterocycles. The molecule has 2 aliphatic rings. The van der Waals surface area contributed by atoms with Gasteiger partial charge in [0, 0.05) is 6.54 Å². The molecule has 8 heteroatoms. The molecule has 2 aliphatic heterocycles. The van der Waals surface area contributed by atoms with Crippen LogP contribution in [0, 0.1) is 0 Å². The van der Waals surface area contributed by atoms with Gasteiger partial charge >= 0.3 is 6.09 Å². The number of amidine groups is 1. The number of rotatable bonds is 3. The van der Waals surface area contributed by atoms with E-state index in [2.05, 4.69) is 37.4 Å². The van der Waals surface area contributed by atoms with Gasteiger partial charge in [0.2, 0.25) is 0 Å². The van der Waals surface area contributed by atoms with Gasteiger partial charge in [0.25, 0.3) is 0 Å². The number of hydrogen-bond acceptors (Lipinski definition) is 6. The van der Waals surface area contributed by atoms with Crippen LogP contribution in [0.5, 0.6) is 0 Å². The molecule has 0 aromatic heterocycles. The fraction of sp³-hybridized carbons (Fsp3) is 0.389. The van der Waals surface area contributed by atoms with Crippen LogP contribution in [-0.4, -0.2) is 39.7 Å². The molecule has 0 fully saturated rings. The number of aliphatic imine (C=N–C) groups is 1. The monoisotopic (exact) mass is 419 g/mol. The van der Waals surface area contributed by atoms with Gasteiger partial charge in [-0.3, -0.25) is 5.01 Å². The molecule has 3 N–H and O–H groups in total. The van der Waals surface area contributed by atoms with E-state index >= 15 is 0 Å². The smallest absolute Gasteiger partial charge is 0.407 e. The zero-order valence-corrected chi connectivity index (χ0v) is 16.5. The number of nitrogens with two attached hydrogens (primary N) is 1. The third-order valence-electron chi connectivity index (χ3n) is 3.87. The summed E-state index contributed by atoms with van der Waals surface area (Å²) in [5.41, 5.74) is 8.39. The molecule has 2 heterocycles. The van der Waals surface area contributed by atoms with Crippen LogP contribution >= 0.6 is 15.9 Å². The summed E-state index contributed by atoms with van der Waals surface area (Å²) in [6.45, 7) is 5.88. The van der Waals surface area contributed by atoms with Gasteiger partial charge in [-0.2, -0.15) is 5.10 Å². The molecule has 138 valence electrons. The average Bonchev–Trinajstić information content (AvgIpc) is 2.90. The summed E-state index contributed by atoms with van der Waals surface area (Å²) < 4.78 is 5.26. The number of benzene rings is 1. The summed E-state index contributed by atoms with van der Waals surface area (Å²) in [6, 6.07) is 7.79. The molecule has 26 heavy (non-hydrogen) atoms. The minimum absolute atomic E-state index is 0.0299. The first-order chi connectivity index (χ1) is 12.2. The summed E-state index contributed by atoms with van der Waals surface area (Å²) in [4.78, 5) is 15.9. The number of alkyl halides is 1. The van der Waals surface area contributed by atoms with Gasteiger partial charge in [-0.05, 0) is 44.0 Å². The first-order valence-corrected chi connectivity index (χ1v) is 9.23. The van der Waals surface area contributed by atoms with E-state index < -0.39 is 11.7 Å². The van der Waals surface area contributed by atoms with Crippen molar-refractivity contribution in [2.75, 3.05) is 0 Å². The largest absolute Gasteiger partial charge is 0.444 e. The first-order valence-electron chi connectivity index (χ1n) is 8.31. The molecule has 0 saturated carbocycles. The van der Waals surface area contributed by atoms with Crippen LogP contribution in [0.3, 0.4) is 0 Å². The molecular weight excluding hydrogens is 398 g/mol. The normalized spacial score (nSPS) is 21.8. The fourth-order valence-electron chi connectivity index (χ4n) is 2.81.